The van der Waals surface area contributed by atoms with Gasteiger partial charge >= 0.3 is 135 Å². The van der Waals surface area contributed by atoms with Gasteiger partial charge in [0.25, 0.3) is 0 Å². The van der Waals surface area contributed by atoms with E-state index in [1.807, 2.05) is 6.92 Å². The van der Waals surface area contributed by atoms with Gasteiger partial charge < -0.3 is 0 Å². The van der Waals surface area contributed by atoms with Crippen LogP contribution in [0.1, 0.15) is 12.0 Å². The fourth-order valence-corrected chi connectivity index (χ4v) is 8.22. The maximum atomic E-state index is 12.4. The Hall–Kier alpha value is -0.857. The Morgan fingerprint density at radius 3 is 2.36 bits per heavy atom. The Balaban J connectivity index is 2.16. The third-order valence-corrected chi connectivity index (χ3v) is 9.99. The van der Waals surface area contributed by atoms with Gasteiger partial charge in [-0.1, -0.05) is 0 Å². The molecule has 0 aromatic heterocycles. The summed E-state index contributed by atoms with van der Waals surface area (Å²) in [5.74, 6) is 5.71. The molecule has 0 saturated carbocycles. The number of ether oxygens (including phenoxy) is 1. The molecule has 1 heterocycles. The number of aryl methyl sites for hydroxylation is 1. The van der Waals surface area contributed by atoms with Crippen LogP contribution in [0.25, 0.3) is 0 Å². The van der Waals surface area contributed by atoms with E-state index in [0.29, 0.717) is 13.0 Å². The van der Waals surface area contributed by atoms with E-state index in [0.717, 1.165) is 5.56 Å². The number of carbonyl (C=O) groups excluding carboxylic acids is 1. The van der Waals surface area contributed by atoms with Gasteiger partial charge in [-0.2, -0.15) is 0 Å². The van der Waals surface area contributed by atoms with Crippen molar-refractivity contribution in [1.29, 1.82) is 0 Å². The maximum absolute atomic E-state index is 12.4. The Labute approximate surface area is 134 Å². The average molecular weight is 386 g/mol. The van der Waals surface area contributed by atoms with Crippen LogP contribution in [0.5, 0.6) is 0 Å². The molecule has 1 amide bonds. The van der Waals surface area contributed by atoms with Crippen molar-refractivity contribution in [2.45, 2.75) is 40.4 Å². The molecule has 1 aromatic rings. The standard InChI is InChI=1S/C15H23GeNO4S/c1-11-5-7-12(8-6-11)22(19,20)17-15(18)13-9-10-21-14(13)16(2,3)4/h5-8,13-14H,9-10H2,1-4H3,(H,17,18)/t13-,14-/m0/s1. The minimum atomic E-state index is -3.82. The van der Waals surface area contributed by atoms with E-state index in [9.17, 15) is 13.2 Å². The zero-order chi connectivity index (χ0) is 16.5. The molecule has 0 spiro atoms. The van der Waals surface area contributed by atoms with Crippen molar-refractivity contribution in [2.75, 3.05) is 6.61 Å². The molecule has 7 heteroatoms. The Bertz CT molecular complexity index is 649. The predicted molar refractivity (Wildman–Crippen MR) is 87.7 cm³/mol. The molecular weight excluding hydrogens is 363 g/mol. The van der Waals surface area contributed by atoms with Gasteiger partial charge in [0, 0.05) is 0 Å². The summed E-state index contributed by atoms with van der Waals surface area (Å²) in [7, 11) is -3.82. The normalized spacial score (nSPS) is 22.5. The summed E-state index contributed by atoms with van der Waals surface area (Å²) in [4.78, 5) is 12.4. The number of hydrogen-bond acceptors (Lipinski definition) is 4. The van der Waals surface area contributed by atoms with Crippen molar-refractivity contribution in [1.82, 2.24) is 4.72 Å². The van der Waals surface area contributed by atoms with Crippen molar-refractivity contribution in [3.05, 3.63) is 29.8 Å². The molecular formula is C15H23GeNO4S. The van der Waals surface area contributed by atoms with Crippen LogP contribution < -0.4 is 4.72 Å². The van der Waals surface area contributed by atoms with Gasteiger partial charge in [0.05, 0.1) is 0 Å². The topological polar surface area (TPSA) is 72.5 Å². The Kier molecular flexibility index (Phi) is 5.04. The van der Waals surface area contributed by atoms with Gasteiger partial charge in [-0.05, 0) is 0 Å². The number of hydrogen-bond donors (Lipinski definition) is 1. The molecule has 1 aromatic carbocycles. The zero-order valence-corrected chi connectivity index (χ0v) is 16.3. The summed E-state index contributed by atoms with van der Waals surface area (Å²) in [6.07, 6.45) is 0.586. The molecule has 1 aliphatic heterocycles. The first-order valence-electron chi connectivity index (χ1n) is 7.36. The molecule has 2 rings (SSSR count). The van der Waals surface area contributed by atoms with Crippen molar-refractivity contribution < 1.29 is 17.9 Å². The van der Waals surface area contributed by atoms with Gasteiger partial charge in [0.2, 0.25) is 0 Å². The molecule has 0 bridgehead atoms. The summed E-state index contributed by atoms with van der Waals surface area (Å²) in [6.45, 7) is 2.40. The first-order valence-corrected chi connectivity index (χ1v) is 16.3. The Morgan fingerprint density at radius 1 is 1.23 bits per heavy atom. The third-order valence-electron chi connectivity index (χ3n) is 3.85. The number of rotatable bonds is 4. The number of amides is 1. The quantitative estimate of drug-likeness (QED) is 0.805. The van der Waals surface area contributed by atoms with Crippen molar-refractivity contribution in [3.8, 4) is 0 Å². The van der Waals surface area contributed by atoms with E-state index in [2.05, 4.69) is 22.0 Å². The van der Waals surface area contributed by atoms with E-state index in [-0.39, 0.29) is 15.7 Å². The van der Waals surface area contributed by atoms with Crippen LogP contribution in [0, 0.1) is 12.8 Å². The second-order valence-electron chi connectivity index (χ2n) is 6.84. The zero-order valence-electron chi connectivity index (χ0n) is 13.4. The Morgan fingerprint density at radius 2 is 1.82 bits per heavy atom. The summed E-state index contributed by atoms with van der Waals surface area (Å²) < 4.78 is 32.6. The van der Waals surface area contributed by atoms with E-state index < -0.39 is 29.2 Å². The molecule has 0 unspecified atom stereocenters. The fourth-order valence-electron chi connectivity index (χ4n) is 2.70. The number of nitrogens with one attached hydrogen (secondary N) is 1. The first kappa shape index (κ1) is 17.5. The van der Waals surface area contributed by atoms with Gasteiger partial charge in [-0.25, -0.2) is 0 Å². The monoisotopic (exact) mass is 387 g/mol. The molecule has 22 heavy (non-hydrogen) atoms. The molecule has 0 radical (unpaired) electrons. The molecule has 1 fully saturated rings. The SMILES string of the molecule is Cc1ccc(S(=O)(=O)NC(=O)[C@H]2CCO[C@@H]2[Ge]([CH3])([CH3])[CH3])cc1. The summed E-state index contributed by atoms with van der Waals surface area (Å²) in [5.41, 5.74) is 0.968. The van der Waals surface area contributed by atoms with Crippen molar-refractivity contribution >= 4 is 29.2 Å². The summed E-state index contributed by atoms with van der Waals surface area (Å²) in [6, 6.07) is 6.44. The van der Waals surface area contributed by atoms with Crippen LogP contribution >= 0.6 is 0 Å². The molecule has 2 atom stereocenters. The van der Waals surface area contributed by atoms with E-state index >= 15 is 0 Å². The first-order chi connectivity index (χ1) is 10.1. The van der Waals surface area contributed by atoms with Gasteiger partial charge in [-0.15, -0.1) is 0 Å². The van der Waals surface area contributed by atoms with Crippen LogP contribution in [-0.2, 0) is 19.6 Å². The van der Waals surface area contributed by atoms with Gasteiger partial charge in [-0.3, -0.25) is 0 Å². The van der Waals surface area contributed by atoms with Crippen LogP contribution in [-0.4, -0.2) is 39.1 Å². The number of carbonyl (C=O) groups is 1. The summed E-state index contributed by atoms with van der Waals surface area (Å²) >= 11 is -2.21. The van der Waals surface area contributed by atoms with Crippen LogP contribution in [0.2, 0.25) is 17.3 Å². The van der Waals surface area contributed by atoms with Crippen LogP contribution in [0.3, 0.4) is 0 Å². The van der Waals surface area contributed by atoms with Gasteiger partial charge in [0.1, 0.15) is 0 Å². The van der Waals surface area contributed by atoms with Crippen molar-refractivity contribution in [2.24, 2.45) is 5.92 Å². The van der Waals surface area contributed by atoms with Gasteiger partial charge in [0.15, 0.2) is 0 Å². The molecule has 5 nitrogen and oxygen atoms in total. The molecule has 1 saturated heterocycles. The van der Waals surface area contributed by atoms with E-state index in [1.54, 1.807) is 12.1 Å². The van der Waals surface area contributed by atoms with Crippen LogP contribution in [0.15, 0.2) is 29.2 Å². The fraction of sp³-hybridized carbons (Fsp3) is 0.533. The van der Waals surface area contributed by atoms with Crippen LogP contribution in [0.4, 0.5) is 0 Å². The average Bonchev–Trinajstić information content (AvgIpc) is 2.87. The second kappa shape index (κ2) is 6.33. The third kappa shape index (κ3) is 3.91. The molecule has 0 aliphatic carbocycles. The number of benzene rings is 1. The number of sulfonamides is 1. The predicted octanol–water partition coefficient (Wildman–Crippen LogP) is 2.08. The minimum absolute atomic E-state index is 0.0896. The molecule has 122 valence electrons. The van der Waals surface area contributed by atoms with E-state index in [4.69, 9.17) is 4.74 Å². The van der Waals surface area contributed by atoms with E-state index in [1.165, 1.54) is 12.1 Å². The van der Waals surface area contributed by atoms with Crippen molar-refractivity contribution in [3.63, 3.8) is 0 Å². The molecule has 1 N–H and O–H groups in total. The molecule has 1 aliphatic rings. The summed E-state index contributed by atoms with van der Waals surface area (Å²) in [5, 5.41) is 0. The second-order valence-corrected chi connectivity index (χ2v) is 19.6.